The van der Waals surface area contributed by atoms with E-state index >= 15 is 0 Å². The van der Waals surface area contributed by atoms with Gasteiger partial charge in [0.05, 0.1) is 28.1 Å². The number of fused-ring (bicyclic) bond motifs is 1. The molecular formula is C23H24N4O3S. The first-order valence-electron chi connectivity index (χ1n) is 10.0. The molecule has 7 nitrogen and oxygen atoms in total. The van der Waals surface area contributed by atoms with Crippen LogP contribution >= 0.6 is 11.3 Å². The van der Waals surface area contributed by atoms with Gasteiger partial charge in [-0.25, -0.2) is 14.8 Å². The molecule has 2 unspecified atom stereocenters. The minimum absolute atomic E-state index is 0.127. The first-order chi connectivity index (χ1) is 15.0. The van der Waals surface area contributed by atoms with Gasteiger partial charge in [0.1, 0.15) is 5.75 Å². The minimum Gasteiger partial charge on any atom is -0.478 e. The minimum atomic E-state index is -0.963. The number of hydrogen-bond acceptors (Lipinski definition) is 6. The van der Waals surface area contributed by atoms with Crippen molar-refractivity contribution in [1.29, 1.82) is 0 Å². The molecule has 31 heavy (non-hydrogen) atoms. The molecule has 4 rings (SSSR count). The van der Waals surface area contributed by atoms with Crippen molar-refractivity contribution in [2.75, 3.05) is 14.1 Å². The van der Waals surface area contributed by atoms with Gasteiger partial charge in [-0.05, 0) is 62.5 Å². The summed E-state index contributed by atoms with van der Waals surface area (Å²) in [4.78, 5) is 22.1. The van der Waals surface area contributed by atoms with E-state index in [0.717, 1.165) is 16.6 Å². The topological polar surface area (TPSA) is 80.5 Å². The number of aromatic carboxylic acids is 1. The molecule has 4 aromatic rings. The van der Waals surface area contributed by atoms with Crippen LogP contribution in [0.5, 0.6) is 10.9 Å². The van der Waals surface area contributed by atoms with Gasteiger partial charge in [0.25, 0.3) is 5.19 Å². The van der Waals surface area contributed by atoms with E-state index in [-0.39, 0.29) is 11.6 Å². The van der Waals surface area contributed by atoms with E-state index in [1.165, 1.54) is 29.0 Å². The third-order valence-electron chi connectivity index (χ3n) is 5.33. The number of rotatable bonds is 8. The molecule has 0 aliphatic rings. The van der Waals surface area contributed by atoms with Gasteiger partial charge in [0.15, 0.2) is 0 Å². The number of carboxylic acid groups (broad SMARTS) is 1. The quantitative estimate of drug-likeness (QED) is 0.423. The third kappa shape index (κ3) is 4.45. The zero-order valence-corrected chi connectivity index (χ0v) is 18.4. The van der Waals surface area contributed by atoms with Crippen molar-refractivity contribution in [3.05, 3.63) is 72.3 Å². The molecule has 8 heteroatoms. The maximum absolute atomic E-state index is 11.0. The Kier molecular flexibility index (Phi) is 6.01. The number of thiazole rings is 1. The number of hydrogen-bond donors (Lipinski definition) is 1. The van der Waals surface area contributed by atoms with E-state index in [1.807, 2.05) is 24.8 Å². The summed E-state index contributed by atoms with van der Waals surface area (Å²) in [5, 5.41) is 9.55. The maximum atomic E-state index is 11.0. The summed E-state index contributed by atoms with van der Waals surface area (Å²) in [5.74, 6) is -0.408. The molecule has 0 fully saturated rings. The third-order valence-corrected chi connectivity index (χ3v) is 6.23. The molecule has 160 valence electrons. The molecule has 2 atom stereocenters. The highest BCUT2D eigenvalue weighted by Gasteiger charge is 2.25. The molecule has 1 N–H and O–H groups in total. The standard InChI is InChI=1S/C23H24N4O3S/c1-4-19(26(2)3)21(27-12-11-24-14-27)16-7-10-18-20(13-16)31-23(25-18)30-17-8-5-15(6-9-17)22(28)29/h5-14,19,21H,4H2,1-3H3,(H,28,29). The van der Waals surface area contributed by atoms with Crippen molar-refractivity contribution in [2.45, 2.75) is 25.4 Å². The number of carbonyl (C=O) groups is 1. The summed E-state index contributed by atoms with van der Waals surface area (Å²) < 4.78 is 9.05. The van der Waals surface area contributed by atoms with Crippen LogP contribution in [0.1, 0.15) is 35.3 Å². The second-order valence-corrected chi connectivity index (χ2v) is 8.53. The average molecular weight is 437 g/mol. The maximum Gasteiger partial charge on any atom is 0.335 e. The lowest BCUT2D eigenvalue weighted by Gasteiger charge is -2.33. The lowest BCUT2D eigenvalue weighted by atomic mass is 9.96. The van der Waals surface area contributed by atoms with E-state index in [2.05, 4.69) is 52.6 Å². The summed E-state index contributed by atoms with van der Waals surface area (Å²) in [6.07, 6.45) is 6.67. The van der Waals surface area contributed by atoms with E-state index in [0.29, 0.717) is 17.0 Å². The molecule has 0 amide bonds. The van der Waals surface area contributed by atoms with Crippen LogP contribution in [0.15, 0.2) is 61.2 Å². The van der Waals surface area contributed by atoms with Crippen molar-refractivity contribution in [1.82, 2.24) is 19.4 Å². The summed E-state index contributed by atoms with van der Waals surface area (Å²) >= 11 is 1.47. The molecule has 0 bridgehead atoms. The summed E-state index contributed by atoms with van der Waals surface area (Å²) in [5.41, 5.74) is 2.28. The summed E-state index contributed by atoms with van der Waals surface area (Å²) in [6, 6.07) is 13.1. The van der Waals surface area contributed by atoms with Gasteiger partial charge in [-0.3, -0.25) is 0 Å². The Morgan fingerprint density at radius 2 is 2.00 bits per heavy atom. The largest absolute Gasteiger partial charge is 0.478 e. The normalized spacial score (nSPS) is 13.4. The monoisotopic (exact) mass is 436 g/mol. The molecule has 2 heterocycles. The number of benzene rings is 2. The van der Waals surface area contributed by atoms with Crippen LogP contribution in [0.25, 0.3) is 10.2 Å². The van der Waals surface area contributed by atoms with Crippen LogP contribution in [0.4, 0.5) is 0 Å². The Morgan fingerprint density at radius 1 is 1.23 bits per heavy atom. The first kappa shape index (κ1) is 21.0. The zero-order chi connectivity index (χ0) is 22.0. The van der Waals surface area contributed by atoms with Gasteiger partial charge in [0, 0.05) is 18.4 Å². The fourth-order valence-electron chi connectivity index (χ4n) is 3.81. The van der Waals surface area contributed by atoms with Crippen LogP contribution in [-0.2, 0) is 0 Å². The van der Waals surface area contributed by atoms with Crippen LogP contribution < -0.4 is 4.74 Å². The lowest BCUT2D eigenvalue weighted by Crippen LogP contribution is -2.36. The van der Waals surface area contributed by atoms with Gasteiger partial charge in [-0.2, -0.15) is 0 Å². The molecular weight excluding hydrogens is 412 g/mol. The SMILES string of the molecule is CCC(C(c1ccc2nc(Oc3ccc(C(=O)O)cc3)sc2c1)n1ccnc1)N(C)C. The molecule has 0 aliphatic carbocycles. The number of likely N-dealkylation sites (N-methyl/N-ethyl adjacent to an activating group) is 1. The molecule has 0 saturated carbocycles. The van der Waals surface area contributed by atoms with Crippen molar-refractivity contribution in [2.24, 2.45) is 0 Å². The Morgan fingerprint density at radius 3 is 2.61 bits per heavy atom. The van der Waals surface area contributed by atoms with Gasteiger partial charge in [-0.15, -0.1) is 0 Å². The smallest absolute Gasteiger partial charge is 0.335 e. The number of aromatic nitrogens is 3. The lowest BCUT2D eigenvalue weighted by molar-refractivity contribution is 0.0697. The highest BCUT2D eigenvalue weighted by molar-refractivity contribution is 7.20. The van der Waals surface area contributed by atoms with Crippen molar-refractivity contribution in [3.63, 3.8) is 0 Å². The van der Waals surface area contributed by atoms with Crippen molar-refractivity contribution < 1.29 is 14.6 Å². The molecule has 0 radical (unpaired) electrons. The van der Waals surface area contributed by atoms with Crippen LogP contribution in [-0.4, -0.2) is 50.6 Å². The van der Waals surface area contributed by atoms with E-state index in [1.54, 1.807) is 12.1 Å². The predicted octanol–water partition coefficient (Wildman–Crippen LogP) is 4.91. The van der Waals surface area contributed by atoms with Gasteiger partial charge in [0.2, 0.25) is 0 Å². The molecule has 0 spiro atoms. The van der Waals surface area contributed by atoms with E-state index in [9.17, 15) is 4.79 Å². The van der Waals surface area contributed by atoms with Crippen LogP contribution in [0, 0.1) is 0 Å². The molecule has 2 aromatic heterocycles. The molecule has 0 aliphatic heterocycles. The number of nitrogens with zero attached hydrogens (tertiary/aromatic N) is 4. The highest BCUT2D eigenvalue weighted by Crippen LogP contribution is 2.35. The second kappa shape index (κ2) is 8.87. The van der Waals surface area contributed by atoms with Crippen LogP contribution in [0.3, 0.4) is 0 Å². The fourth-order valence-corrected chi connectivity index (χ4v) is 4.70. The van der Waals surface area contributed by atoms with Crippen molar-refractivity contribution in [3.8, 4) is 10.9 Å². The highest BCUT2D eigenvalue weighted by atomic mass is 32.1. The second-order valence-electron chi connectivity index (χ2n) is 7.53. The Bertz CT molecular complexity index is 1170. The number of carboxylic acids is 1. The zero-order valence-electron chi connectivity index (χ0n) is 17.6. The Balaban J connectivity index is 1.65. The van der Waals surface area contributed by atoms with Gasteiger partial charge < -0.3 is 19.3 Å². The van der Waals surface area contributed by atoms with Gasteiger partial charge in [-0.1, -0.05) is 24.3 Å². The summed E-state index contributed by atoms with van der Waals surface area (Å²) in [6.45, 7) is 2.20. The van der Waals surface area contributed by atoms with Crippen LogP contribution in [0.2, 0.25) is 0 Å². The summed E-state index contributed by atoms with van der Waals surface area (Å²) in [7, 11) is 4.20. The first-order valence-corrected chi connectivity index (χ1v) is 10.8. The number of imidazole rings is 1. The van der Waals surface area contributed by atoms with Gasteiger partial charge >= 0.3 is 5.97 Å². The Labute approximate surface area is 184 Å². The Hall–Kier alpha value is -3.23. The van der Waals surface area contributed by atoms with E-state index in [4.69, 9.17) is 9.84 Å². The predicted molar refractivity (Wildman–Crippen MR) is 121 cm³/mol. The van der Waals surface area contributed by atoms with Crippen molar-refractivity contribution >= 4 is 27.5 Å². The van der Waals surface area contributed by atoms with E-state index < -0.39 is 5.97 Å². The average Bonchev–Trinajstić information content (AvgIpc) is 3.41. The fraction of sp³-hybridized carbons (Fsp3) is 0.261. The molecule has 0 saturated heterocycles. The molecule has 2 aromatic carbocycles. The number of ether oxygens (including phenoxy) is 1.